The second kappa shape index (κ2) is 12.2. The highest BCUT2D eigenvalue weighted by atomic mass is 127. The van der Waals surface area contributed by atoms with E-state index >= 15 is 0 Å². The summed E-state index contributed by atoms with van der Waals surface area (Å²) in [6.45, 7) is 8.98. The van der Waals surface area contributed by atoms with Crippen LogP contribution < -0.4 is 10.6 Å². The molecule has 0 radical (unpaired) electrons. The maximum absolute atomic E-state index is 5.15. The third-order valence-electron chi connectivity index (χ3n) is 6.88. The van der Waals surface area contributed by atoms with E-state index in [1.807, 2.05) is 11.8 Å². The van der Waals surface area contributed by atoms with Crippen LogP contribution in [0, 0.1) is 0 Å². The number of aliphatic imine (C=N–C) groups is 1. The lowest BCUT2D eigenvalue weighted by Crippen LogP contribution is -2.58. The predicted octanol–water partition coefficient (Wildman–Crippen LogP) is 3.39. The fourth-order valence-electron chi connectivity index (χ4n) is 5.00. The molecule has 2 heterocycles. The topological polar surface area (TPSA) is 42.9 Å². The first-order valence-electron chi connectivity index (χ1n) is 11.2. The average Bonchev–Trinajstić information content (AvgIpc) is 3.16. The van der Waals surface area contributed by atoms with E-state index in [-0.39, 0.29) is 29.5 Å². The Kier molecular flexibility index (Phi) is 10.7. The number of guanidine groups is 1. The van der Waals surface area contributed by atoms with Gasteiger partial charge < -0.3 is 15.5 Å². The van der Waals surface area contributed by atoms with Gasteiger partial charge in [0, 0.05) is 23.4 Å². The van der Waals surface area contributed by atoms with Crippen molar-refractivity contribution in [2.24, 2.45) is 4.99 Å². The summed E-state index contributed by atoms with van der Waals surface area (Å²) >= 11 is 2.02. The van der Waals surface area contributed by atoms with Gasteiger partial charge in [-0.15, -0.1) is 24.0 Å². The average molecular weight is 524 g/mol. The molecule has 0 aromatic heterocycles. The maximum atomic E-state index is 5.15. The van der Waals surface area contributed by atoms with Crippen molar-refractivity contribution in [3.63, 3.8) is 0 Å². The fourth-order valence-corrected chi connectivity index (χ4v) is 5.80. The lowest BCUT2D eigenvalue weighted by molar-refractivity contribution is 0.0208. The molecule has 0 amide bonds. The molecule has 0 aromatic carbocycles. The van der Waals surface area contributed by atoms with Crippen molar-refractivity contribution in [3.8, 4) is 0 Å². The zero-order chi connectivity index (χ0) is 19.1. The summed E-state index contributed by atoms with van der Waals surface area (Å²) in [5.74, 6) is 1.04. The van der Waals surface area contributed by atoms with E-state index in [9.17, 15) is 0 Å². The highest BCUT2D eigenvalue weighted by Crippen LogP contribution is 2.32. The van der Waals surface area contributed by atoms with Crippen LogP contribution in [0.15, 0.2) is 4.99 Å². The Labute approximate surface area is 194 Å². The quantitative estimate of drug-likeness (QED) is 0.318. The van der Waals surface area contributed by atoms with Gasteiger partial charge in [-0.05, 0) is 91.4 Å². The number of hydrogen-bond donors (Lipinski definition) is 2. The lowest BCUT2D eigenvalue weighted by Gasteiger charge is -2.49. The Hall–Kier alpha value is 0.270. The van der Waals surface area contributed by atoms with Crippen LogP contribution in [0.4, 0.5) is 0 Å². The molecule has 3 rings (SSSR count). The van der Waals surface area contributed by atoms with Gasteiger partial charge in [0.15, 0.2) is 5.96 Å². The zero-order valence-electron chi connectivity index (χ0n) is 18.2. The van der Waals surface area contributed by atoms with Gasteiger partial charge in [-0.1, -0.05) is 6.42 Å². The standard InChI is InChI=1S/C21H41N5S.HI/c1-4-22-20(24-18-8-9-19(16-18)27-3)23-17-21(10-14-25(2)15-11-21)26-12-6-5-7-13-26;/h18-19H,4-17H2,1-3H3,(H2,22,23,24);1H. The molecule has 5 nitrogen and oxygen atoms in total. The van der Waals surface area contributed by atoms with Gasteiger partial charge in [0.1, 0.15) is 0 Å². The first kappa shape index (κ1) is 24.5. The van der Waals surface area contributed by atoms with E-state index in [2.05, 4.69) is 40.7 Å². The minimum absolute atomic E-state index is 0. The molecule has 1 aliphatic carbocycles. The van der Waals surface area contributed by atoms with Crippen LogP contribution >= 0.6 is 35.7 Å². The first-order chi connectivity index (χ1) is 13.1. The summed E-state index contributed by atoms with van der Waals surface area (Å²) in [5, 5.41) is 8.08. The number of thioether (sulfide) groups is 1. The molecule has 0 spiro atoms. The Morgan fingerprint density at radius 2 is 1.82 bits per heavy atom. The van der Waals surface area contributed by atoms with Crippen molar-refractivity contribution in [2.45, 2.75) is 75.1 Å². The zero-order valence-corrected chi connectivity index (χ0v) is 21.4. The summed E-state index contributed by atoms with van der Waals surface area (Å²) in [5.41, 5.74) is 0.271. The monoisotopic (exact) mass is 523 g/mol. The summed E-state index contributed by atoms with van der Waals surface area (Å²) < 4.78 is 0. The molecule has 2 unspecified atom stereocenters. The molecule has 1 saturated carbocycles. The van der Waals surface area contributed by atoms with Gasteiger partial charge in [0.25, 0.3) is 0 Å². The molecule has 164 valence electrons. The molecule has 2 atom stereocenters. The molecule has 3 fully saturated rings. The van der Waals surface area contributed by atoms with Gasteiger partial charge in [0.05, 0.1) is 6.54 Å². The Morgan fingerprint density at radius 3 is 2.43 bits per heavy atom. The minimum Gasteiger partial charge on any atom is -0.357 e. The summed E-state index contributed by atoms with van der Waals surface area (Å²) in [6.07, 6.45) is 12.8. The number of halogens is 1. The van der Waals surface area contributed by atoms with Gasteiger partial charge >= 0.3 is 0 Å². The van der Waals surface area contributed by atoms with Crippen molar-refractivity contribution in [1.29, 1.82) is 0 Å². The molecule has 2 saturated heterocycles. The van der Waals surface area contributed by atoms with E-state index in [4.69, 9.17) is 4.99 Å². The highest BCUT2D eigenvalue weighted by Gasteiger charge is 2.39. The molecule has 2 aliphatic heterocycles. The third-order valence-corrected chi connectivity index (χ3v) is 7.97. The van der Waals surface area contributed by atoms with E-state index in [0.717, 1.165) is 24.3 Å². The van der Waals surface area contributed by atoms with Gasteiger partial charge in [-0.3, -0.25) is 9.89 Å². The Morgan fingerprint density at radius 1 is 1.11 bits per heavy atom. The van der Waals surface area contributed by atoms with Crippen molar-refractivity contribution in [1.82, 2.24) is 20.4 Å². The van der Waals surface area contributed by atoms with Crippen molar-refractivity contribution < 1.29 is 0 Å². The summed E-state index contributed by atoms with van der Waals surface area (Å²) in [4.78, 5) is 10.4. The second-order valence-corrected chi connectivity index (χ2v) is 9.92. The van der Waals surface area contributed by atoms with Crippen molar-refractivity contribution in [2.75, 3.05) is 52.6 Å². The Bertz CT molecular complexity index is 475. The number of nitrogens with one attached hydrogen (secondary N) is 2. The molecule has 28 heavy (non-hydrogen) atoms. The molecular formula is C21H42IN5S. The minimum atomic E-state index is 0. The number of nitrogens with zero attached hydrogens (tertiary/aromatic N) is 3. The molecule has 0 bridgehead atoms. The molecule has 2 N–H and O–H groups in total. The fraction of sp³-hybridized carbons (Fsp3) is 0.952. The van der Waals surface area contributed by atoms with Gasteiger partial charge in [-0.25, -0.2) is 0 Å². The maximum Gasteiger partial charge on any atom is 0.191 e. The molecular weight excluding hydrogens is 481 g/mol. The van der Waals surface area contributed by atoms with Crippen LogP contribution in [-0.4, -0.2) is 85.2 Å². The van der Waals surface area contributed by atoms with Gasteiger partial charge in [-0.2, -0.15) is 11.8 Å². The summed E-state index contributed by atoms with van der Waals surface area (Å²) in [7, 11) is 2.26. The highest BCUT2D eigenvalue weighted by molar-refractivity contribution is 14.0. The summed E-state index contributed by atoms with van der Waals surface area (Å²) in [6, 6.07) is 0.587. The number of hydrogen-bond acceptors (Lipinski definition) is 4. The molecule has 7 heteroatoms. The van der Waals surface area contributed by atoms with Crippen molar-refractivity contribution >= 4 is 41.7 Å². The van der Waals surface area contributed by atoms with Crippen LogP contribution in [-0.2, 0) is 0 Å². The normalized spacial score (nSPS) is 29.3. The van der Waals surface area contributed by atoms with E-state index in [0.29, 0.717) is 6.04 Å². The second-order valence-electron chi connectivity index (χ2n) is 8.78. The van der Waals surface area contributed by atoms with E-state index in [1.54, 1.807) is 0 Å². The van der Waals surface area contributed by atoms with Crippen LogP contribution in [0.5, 0.6) is 0 Å². The lowest BCUT2D eigenvalue weighted by atomic mass is 9.84. The van der Waals surface area contributed by atoms with Crippen LogP contribution in [0.3, 0.4) is 0 Å². The number of rotatable bonds is 6. The van der Waals surface area contributed by atoms with Crippen LogP contribution in [0.25, 0.3) is 0 Å². The van der Waals surface area contributed by atoms with Gasteiger partial charge in [0.2, 0.25) is 0 Å². The van der Waals surface area contributed by atoms with Crippen LogP contribution in [0.1, 0.15) is 58.3 Å². The third kappa shape index (κ3) is 6.64. The Balaban J connectivity index is 0.00000280. The number of piperidine rings is 2. The predicted molar refractivity (Wildman–Crippen MR) is 134 cm³/mol. The first-order valence-corrected chi connectivity index (χ1v) is 12.5. The largest absolute Gasteiger partial charge is 0.357 e. The SMILES string of the molecule is CCNC(=NCC1(N2CCCCC2)CCN(C)CC1)NC1CCC(SC)C1.I. The molecule has 3 aliphatic rings. The van der Waals surface area contributed by atoms with Crippen molar-refractivity contribution in [3.05, 3.63) is 0 Å². The molecule has 0 aromatic rings. The van der Waals surface area contributed by atoms with E-state index < -0.39 is 0 Å². The smallest absolute Gasteiger partial charge is 0.191 e. The number of likely N-dealkylation sites (tertiary alicyclic amines) is 2. The van der Waals surface area contributed by atoms with E-state index in [1.165, 1.54) is 77.5 Å². The van der Waals surface area contributed by atoms with Crippen LogP contribution in [0.2, 0.25) is 0 Å².